The molecule has 0 aliphatic heterocycles. The molecule has 0 saturated heterocycles. The molecule has 5 nitrogen and oxygen atoms in total. The topological polar surface area (TPSA) is 54.9 Å². The summed E-state index contributed by atoms with van der Waals surface area (Å²) in [6.45, 7) is 3.04. The van der Waals surface area contributed by atoms with Gasteiger partial charge >= 0.3 is 0 Å². The van der Waals surface area contributed by atoms with Gasteiger partial charge in [-0.25, -0.2) is 13.8 Å². The van der Waals surface area contributed by atoms with Crippen molar-refractivity contribution >= 4 is 29.9 Å². The SMILES string of the molecule is CCNC(=NCc1cc(F)ccc1F)NCc1ccc(OC)cc1OC.I. The van der Waals surface area contributed by atoms with Crippen LogP contribution in [0.2, 0.25) is 0 Å². The van der Waals surface area contributed by atoms with E-state index in [0.29, 0.717) is 30.5 Å². The fraction of sp³-hybridized carbons (Fsp3) is 0.316. The first kappa shape index (κ1) is 22.9. The Morgan fingerprint density at radius 2 is 1.78 bits per heavy atom. The molecule has 0 heterocycles. The maximum Gasteiger partial charge on any atom is 0.191 e. The van der Waals surface area contributed by atoms with Gasteiger partial charge in [-0.2, -0.15) is 0 Å². The highest BCUT2D eigenvalue weighted by molar-refractivity contribution is 14.0. The molecule has 0 spiro atoms. The lowest BCUT2D eigenvalue weighted by Crippen LogP contribution is -2.36. The van der Waals surface area contributed by atoms with Gasteiger partial charge in [0, 0.05) is 30.3 Å². The van der Waals surface area contributed by atoms with E-state index in [1.165, 1.54) is 0 Å². The Bertz CT molecular complexity index is 773. The number of nitrogens with zero attached hydrogens (tertiary/aromatic N) is 1. The summed E-state index contributed by atoms with van der Waals surface area (Å²) in [7, 11) is 3.18. The number of benzene rings is 2. The predicted octanol–water partition coefficient (Wildman–Crippen LogP) is 3.86. The number of hydrogen-bond donors (Lipinski definition) is 2. The normalized spacial score (nSPS) is 10.8. The van der Waals surface area contributed by atoms with E-state index in [2.05, 4.69) is 15.6 Å². The number of nitrogens with one attached hydrogen (secondary N) is 2. The molecule has 0 aromatic heterocycles. The van der Waals surface area contributed by atoms with Gasteiger partial charge in [0.15, 0.2) is 5.96 Å². The molecular formula is C19H24F2IN3O2. The zero-order valence-electron chi connectivity index (χ0n) is 15.5. The van der Waals surface area contributed by atoms with E-state index in [1.54, 1.807) is 20.3 Å². The molecule has 2 aromatic rings. The van der Waals surface area contributed by atoms with Gasteiger partial charge in [-0.15, -0.1) is 24.0 Å². The lowest BCUT2D eigenvalue weighted by Gasteiger charge is -2.14. The molecule has 27 heavy (non-hydrogen) atoms. The molecule has 0 saturated carbocycles. The third-order valence-corrected chi connectivity index (χ3v) is 3.70. The maximum atomic E-state index is 13.7. The fourth-order valence-corrected chi connectivity index (χ4v) is 2.35. The number of aliphatic imine (C=N–C) groups is 1. The van der Waals surface area contributed by atoms with Crippen LogP contribution in [0.25, 0.3) is 0 Å². The Hall–Kier alpha value is -2.10. The zero-order valence-corrected chi connectivity index (χ0v) is 17.8. The van der Waals surface area contributed by atoms with Crippen molar-refractivity contribution in [2.75, 3.05) is 20.8 Å². The molecule has 0 aliphatic carbocycles. The number of hydrogen-bond acceptors (Lipinski definition) is 3. The first-order valence-electron chi connectivity index (χ1n) is 8.24. The first-order chi connectivity index (χ1) is 12.6. The monoisotopic (exact) mass is 491 g/mol. The number of rotatable bonds is 7. The zero-order chi connectivity index (χ0) is 18.9. The van der Waals surface area contributed by atoms with Gasteiger partial charge < -0.3 is 20.1 Å². The van der Waals surface area contributed by atoms with Crippen LogP contribution in [0.15, 0.2) is 41.4 Å². The first-order valence-corrected chi connectivity index (χ1v) is 8.24. The van der Waals surface area contributed by atoms with Crippen LogP contribution < -0.4 is 20.1 Å². The smallest absolute Gasteiger partial charge is 0.191 e. The summed E-state index contributed by atoms with van der Waals surface area (Å²) in [6, 6.07) is 8.86. The van der Waals surface area contributed by atoms with Gasteiger partial charge in [0.05, 0.1) is 20.8 Å². The summed E-state index contributed by atoms with van der Waals surface area (Å²) in [5.41, 5.74) is 1.11. The second kappa shape index (κ2) is 11.6. The van der Waals surface area contributed by atoms with E-state index in [1.807, 2.05) is 19.1 Å². The van der Waals surface area contributed by atoms with Crippen LogP contribution in [-0.2, 0) is 13.1 Å². The van der Waals surface area contributed by atoms with E-state index in [4.69, 9.17) is 9.47 Å². The molecule has 2 N–H and O–H groups in total. The summed E-state index contributed by atoms with van der Waals surface area (Å²) in [4.78, 5) is 4.31. The second-order valence-electron chi connectivity index (χ2n) is 5.46. The minimum absolute atomic E-state index is 0. The van der Waals surface area contributed by atoms with Crippen molar-refractivity contribution < 1.29 is 18.3 Å². The maximum absolute atomic E-state index is 13.7. The van der Waals surface area contributed by atoms with Crippen molar-refractivity contribution in [2.45, 2.75) is 20.0 Å². The van der Waals surface area contributed by atoms with E-state index < -0.39 is 11.6 Å². The molecule has 0 fully saturated rings. The average molecular weight is 491 g/mol. The van der Waals surface area contributed by atoms with Crippen LogP contribution >= 0.6 is 24.0 Å². The Labute approximate surface area is 175 Å². The van der Waals surface area contributed by atoms with Gasteiger partial charge in [-0.05, 0) is 37.3 Å². The van der Waals surface area contributed by atoms with Crippen molar-refractivity contribution in [1.82, 2.24) is 10.6 Å². The molecule has 0 aliphatic rings. The van der Waals surface area contributed by atoms with Crippen LogP contribution in [0.1, 0.15) is 18.1 Å². The molecule has 0 bridgehead atoms. The molecule has 0 amide bonds. The van der Waals surface area contributed by atoms with Crippen molar-refractivity contribution in [1.29, 1.82) is 0 Å². The molecule has 2 aromatic carbocycles. The Balaban J connectivity index is 0.00000364. The summed E-state index contributed by atoms with van der Waals surface area (Å²) in [5, 5.41) is 6.23. The third kappa shape index (κ3) is 6.85. The van der Waals surface area contributed by atoms with Crippen LogP contribution in [0.5, 0.6) is 11.5 Å². The van der Waals surface area contributed by atoms with Crippen molar-refractivity contribution in [3.63, 3.8) is 0 Å². The summed E-state index contributed by atoms with van der Waals surface area (Å²) < 4.78 is 37.5. The minimum Gasteiger partial charge on any atom is -0.497 e. The number of halogens is 3. The largest absolute Gasteiger partial charge is 0.497 e. The molecule has 0 atom stereocenters. The Morgan fingerprint density at radius 1 is 1.00 bits per heavy atom. The van der Waals surface area contributed by atoms with Gasteiger partial charge in [0.25, 0.3) is 0 Å². The summed E-state index contributed by atoms with van der Waals surface area (Å²) in [5.74, 6) is 0.908. The lowest BCUT2D eigenvalue weighted by molar-refractivity contribution is 0.390. The molecule has 0 radical (unpaired) electrons. The third-order valence-electron chi connectivity index (χ3n) is 3.70. The van der Waals surface area contributed by atoms with Gasteiger partial charge in [-0.1, -0.05) is 0 Å². The van der Waals surface area contributed by atoms with Crippen LogP contribution in [0.4, 0.5) is 8.78 Å². The molecular weight excluding hydrogens is 467 g/mol. The van der Waals surface area contributed by atoms with Gasteiger partial charge in [0.2, 0.25) is 0 Å². The highest BCUT2D eigenvalue weighted by Gasteiger charge is 2.07. The summed E-state index contributed by atoms with van der Waals surface area (Å²) >= 11 is 0. The number of methoxy groups -OCH3 is 2. The number of guanidine groups is 1. The Kier molecular flexibility index (Phi) is 9.84. The minimum atomic E-state index is -0.488. The molecule has 0 unspecified atom stereocenters. The van der Waals surface area contributed by atoms with E-state index in [-0.39, 0.29) is 36.1 Å². The quantitative estimate of drug-likeness (QED) is 0.351. The van der Waals surface area contributed by atoms with Crippen LogP contribution in [0.3, 0.4) is 0 Å². The van der Waals surface area contributed by atoms with Crippen LogP contribution in [-0.4, -0.2) is 26.7 Å². The molecule has 8 heteroatoms. The van der Waals surface area contributed by atoms with Gasteiger partial charge in [0.1, 0.15) is 23.1 Å². The Morgan fingerprint density at radius 3 is 2.44 bits per heavy atom. The summed E-state index contributed by atoms with van der Waals surface area (Å²) in [6.07, 6.45) is 0. The standard InChI is InChI=1S/C19H23F2N3O2.HI/c1-4-22-19(24-12-14-9-15(20)6-8-17(14)21)23-11-13-5-7-16(25-2)10-18(13)26-3;/h5-10H,4,11-12H2,1-3H3,(H2,22,23,24);1H. The molecule has 148 valence electrons. The second-order valence-corrected chi connectivity index (χ2v) is 5.46. The van der Waals surface area contributed by atoms with Crippen molar-refractivity contribution in [2.24, 2.45) is 4.99 Å². The predicted molar refractivity (Wildman–Crippen MR) is 113 cm³/mol. The van der Waals surface area contributed by atoms with Gasteiger partial charge in [-0.3, -0.25) is 0 Å². The fourth-order valence-electron chi connectivity index (χ4n) is 2.35. The van der Waals surface area contributed by atoms with E-state index in [0.717, 1.165) is 23.8 Å². The highest BCUT2D eigenvalue weighted by Crippen LogP contribution is 2.24. The van der Waals surface area contributed by atoms with E-state index >= 15 is 0 Å². The van der Waals surface area contributed by atoms with Crippen molar-refractivity contribution in [3.8, 4) is 11.5 Å². The molecule has 2 rings (SSSR count). The van der Waals surface area contributed by atoms with E-state index in [9.17, 15) is 8.78 Å². The lowest BCUT2D eigenvalue weighted by atomic mass is 10.2. The number of ether oxygens (including phenoxy) is 2. The average Bonchev–Trinajstić information content (AvgIpc) is 2.66. The van der Waals surface area contributed by atoms with Crippen LogP contribution in [0, 0.1) is 11.6 Å². The highest BCUT2D eigenvalue weighted by atomic mass is 127. The van der Waals surface area contributed by atoms with Crippen molar-refractivity contribution in [3.05, 3.63) is 59.2 Å².